The first-order valence-corrected chi connectivity index (χ1v) is 8.06. The molecular weight excluding hydrogens is 396 g/mol. The van der Waals surface area contributed by atoms with E-state index in [4.69, 9.17) is 11.6 Å². The fraction of sp³-hybridized carbons (Fsp3) is 0. The number of anilines is 1. The summed E-state index contributed by atoms with van der Waals surface area (Å²) < 4.78 is 0.730. The van der Waals surface area contributed by atoms with Crippen molar-refractivity contribution in [2.24, 2.45) is 0 Å². The highest BCUT2D eigenvalue weighted by Crippen LogP contribution is 2.25. The lowest BCUT2D eigenvalue weighted by Gasteiger charge is -2.26. The number of rotatable bonds is 2. The molecule has 1 saturated heterocycles. The molecule has 3 rings (SSSR count). The Hall–Kier alpha value is -2.44. The lowest BCUT2D eigenvalue weighted by molar-refractivity contribution is -0.122. The summed E-state index contributed by atoms with van der Waals surface area (Å²) in [5, 5.41) is 2.65. The van der Waals surface area contributed by atoms with Crippen molar-refractivity contribution in [1.82, 2.24) is 5.32 Å². The predicted octanol–water partition coefficient (Wildman–Crippen LogP) is 3.77. The maximum Gasteiger partial charge on any atom is 0.335 e. The van der Waals surface area contributed by atoms with Gasteiger partial charge < -0.3 is 0 Å². The standard InChI is InChI=1S/C17H10BrClN2O3/c18-14-4-2-1-3-10(14)9-13-15(22)20-17(24)21(16(13)23)12-7-5-11(19)6-8-12/h1-9H,(H,20,22,24). The number of halogens is 2. The van der Waals surface area contributed by atoms with E-state index in [2.05, 4.69) is 21.2 Å². The Balaban J connectivity index is 2.03. The zero-order chi connectivity index (χ0) is 17.3. The molecular formula is C17H10BrClN2O3. The minimum absolute atomic E-state index is 0.128. The molecule has 0 saturated carbocycles. The molecule has 5 nitrogen and oxygen atoms in total. The van der Waals surface area contributed by atoms with Crippen molar-refractivity contribution >= 4 is 57.1 Å². The Morgan fingerprint density at radius 2 is 1.67 bits per heavy atom. The number of nitrogens with one attached hydrogen (secondary N) is 1. The second-order valence-electron chi connectivity index (χ2n) is 4.96. The van der Waals surface area contributed by atoms with E-state index in [9.17, 15) is 14.4 Å². The molecule has 1 N–H and O–H groups in total. The zero-order valence-electron chi connectivity index (χ0n) is 12.1. The molecule has 1 fully saturated rings. The Bertz CT molecular complexity index is 878. The topological polar surface area (TPSA) is 66.5 Å². The molecule has 24 heavy (non-hydrogen) atoms. The van der Waals surface area contributed by atoms with Gasteiger partial charge in [-0.2, -0.15) is 0 Å². The third kappa shape index (κ3) is 3.11. The smallest absolute Gasteiger partial charge is 0.273 e. The Morgan fingerprint density at radius 1 is 1.00 bits per heavy atom. The van der Waals surface area contributed by atoms with Crippen molar-refractivity contribution in [3.05, 3.63) is 69.2 Å². The van der Waals surface area contributed by atoms with Crippen LogP contribution in [0.15, 0.2) is 58.6 Å². The van der Waals surface area contributed by atoms with Crippen LogP contribution in [0.3, 0.4) is 0 Å². The molecule has 0 unspecified atom stereocenters. The first kappa shape index (κ1) is 16.4. The molecule has 0 spiro atoms. The highest BCUT2D eigenvalue weighted by Gasteiger charge is 2.36. The van der Waals surface area contributed by atoms with Crippen molar-refractivity contribution in [2.45, 2.75) is 0 Å². The van der Waals surface area contributed by atoms with E-state index in [1.807, 2.05) is 6.07 Å². The summed E-state index contributed by atoms with van der Waals surface area (Å²) in [5.41, 5.74) is 0.852. The first-order chi connectivity index (χ1) is 11.5. The van der Waals surface area contributed by atoms with Gasteiger partial charge in [-0.25, -0.2) is 9.69 Å². The second-order valence-corrected chi connectivity index (χ2v) is 6.25. The number of amides is 4. The summed E-state index contributed by atoms with van der Waals surface area (Å²) in [7, 11) is 0. The van der Waals surface area contributed by atoms with Gasteiger partial charge in [0.2, 0.25) is 0 Å². The third-order valence-corrected chi connectivity index (χ3v) is 4.37. The largest absolute Gasteiger partial charge is 0.335 e. The fourth-order valence-electron chi connectivity index (χ4n) is 2.23. The average molecular weight is 406 g/mol. The summed E-state index contributed by atoms with van der Waals surface area (Å²) in [6.07, 6.45) is 1.44. The quantitative estimate of drug-likeness (QED) is 0.611. The Labute approximate surface area is 151 Å². The Morgan fingerprint density at radius 3 is 2.33 bits per heavy atom. The van der Waals surface area contributed by atoms with Gasteiger partial charge in [-0.15, -0.1) is 0 Å². The van der Waals surface area contributed by atoms with Gasteiger partial charge in [0, 0.05) is 9.50 Å². The van der Waals surface area contributed by atoms with Crippen molar-refractivity contribution in [1.29, 1.82) is 0 Å². The molecule has 4 amide bonds. The number of hydrogen-bond acceptors (Lipinski definition) is 3. The van der Waals surface area contributed by atoms with Crippen LogP contribution in [0.25, 0.3) is 6.08 Å². The predicted molar refractivity (Wildman–Crippen MR) is 94.6 cm³/mol. The van der Waals surface area contributed by atoms with E-state index in [-0.39, 0.29) is 5.57 Å². The number of hydrogen-bond donors (Lipinski definition) is 1. The van der Waals surface area contributed by atoms with E-state index in [1.54, 1.807) is 30.3 Å². The molecule has 0 atom stereocenters. The summed E-state index contributed by atoms with van der Waals surface area (Å²) in [6, 6.07) is 12.5. The monoisotopic (exact) mass is 404 g/mol. The van der Waals surface area contributed by atoms with Gasteiger partial charge in [0.25, 0.3) is 11.8 Å². The van der Waals surface area contributed by atoms with E-state index in [0.717, 1.165) is 9.37 Å². The van der Waals surface area contributed by atoms with Crippen molar-refractivity contribution in [3.63, 3.8) is 0 Å². The van der Waals surface area contributed by atoms with Gasteiger partial charge in [0.05, 0.1) is 5.69 Å². The lowest BCUT2D eigenvalue weighted by atomic mass is 10.1. The summed E-state index contributed by atoms with van der Waals surface area (Å²) >= 11 is 9.19. The lowest BCUT2D eigenvalue weighted by Crippen LogP contribution is -2.54. The molecule has 0 aliphatic carbocycles. The minimum Gasteiger partial charge on any atom is -0.273 e. The highest BCUT2D eigenvalue weighted by atomic mass is 79.9. The van der Waals surface area contributed by atoms with Gasteiger partial charge in [-0.05, 0) is 42.0 Å². The minimum atomic E-state index is -0.795. The number of carbonyl (C=O) groups is 3. The molecule has 1 aliphatic rings. The van der Waals surface area contributed by atoms with Gasteiger partial charge in [-0.1, -0.05) is 45.7 Å². The van der Waals surface area contributed by atoms with Crippen LogP contribution in [-0.4, -0.2) is 17.8 Å². The van der Waals surface area contributed by atoms with Crippen LogP contribution in [0, 0.1) is 0 Å². The number of urea groups is 1. The Kier molecular flexibility index (Phi) is 4.51. The molecule has 0 bridgehead atoms. The van der Waals surface area contributed by atoms with Gasteiger partial charge in [-0.3, -0.25) is 14.9 Å². The number of carbonyl (C=O) groups excluding carboxylic acids is 3. The van der Waals surface area contributed by atoms with E-state index >= 15 is 0 Å². The van der Waals surface area contributed by atoms with E-state index < -0.39 is 17.8 Å². The first-order valence-electron chi connectivity index (χ1n) is 6.89. The van der Waals surface area contributed by atoms with Crippen molar-refractivity contribution in [3.8, 4) is 0 Å². The van der Waals surface area contributed by atoms with Gasteiger partial charge in [0.15, 0.2) is 0 Å². The molecule has 1 heterocycles. The van der Waals surface area contributed by atoms with E-state index in [1.165, 1.54) is 18.2 Å². The summed E-state index contributed by atoms with van der Waals surface area (Å²) in [6.45, 7) is 0. The van der Waals surface area contributed by atoms with Crippen molar-refractivity contribution < 1.29 is 14.4 Å². The molecule has 1 aliphatic heterocycles. The van der Waals surface area contributed by atoms with Crippen LogP contribution in [0.5, 0.6) is 0 Å². The number of nitrogens with zero attached hydrogens (tertiary/aromatic N) is 1. The number of benzene rings is 2. The van der Waals surface area contributed by atoms with Crippen LogP contribution in [-0.2, 0) is 9.59 Å². The number of barbiturate groups is 1. The zero-order valence-corrected chi connectivity index (χ0v) is 14.5. The van der Waals surface area contributed by atoms with Gasteiger partial charge in [0.1, 0.15) is 5.57 Å². The average Bonchev–Trinajstić information content (AvgIpc) is 2.54. The maximum absolute atomic E-state index is 12.7. The molecule has 7 heteroatoms. The number of imide groups is 2. The molecule has 120 valence electrons. The van der Waals surface area contributed by atoms with Crippen LogP contribution < -0.4 is 10.2 Å². The van der Waals surface area contributed by atoms with E-state index in [0.29, 0.717) is 16.3 Å². The van der Waals surface area contributed by atoms with Crippen LogP contribution in [0.2, 0.25) is 5.02 Å². The van der Waals surface area contributed by atoms with Crippen molar-refractivity contribution in [2.75, 3.05) is 4.90 Å². The SMILES string of the molecule is O=C1NC(=O)N(c2ccc(Cl)cc2)C(=O)C1=Cc1ccccc1Br. The van der Waals surface area contributed by atoms with Crippen LogP contribution in [0.1, 0.15) is 5.56 Å². The third-order valence-electron chi connectivity index (χ3n) is 3.39. The molecule has 2 aromatic rings. The van der Waals surface area contributed by atoms with Gasteiger partial charge >= 0.3 is 6.03 Å². The summed E-state index contributed by atoms with van der Waals surface area (Å²) in [4.78, 5) is 37.7. The van der Waals surface area contributed by atoms with Crippen LogP contribution >= 0.6 is 27.5 Å². The van der Waals surface area contributed by atoms with Crippen LogP contribution in [0.4, 0.5) is 10.5 Å². The summed E-state index contributed by atoms with van der Waals surface area (Å²) in [5.74, 6) is -1.42. The normalized spacial score (nSPS) is 16.5. The molecule has 0 aromatic heterocycles. The highest BCUT2D eigenvalue weighted by molar-refractivity contribution is 9.10. The second kappa shape index (κ2) is 6.59. The fourth-order valence-corrected chi connectivity index (χ4v) is 2.75. The maximum atomic E-state index is 12.7. The molecule has 0 radical (unpaired) electrons. The molecule has 2 aromatic carbocycles.